The number of fused-ring (bicyclic) bond motifs is 1. The number of hydrogen-bond acceptors (Lipinski definition) is 4. The summed E-state index contributed by atoms with van der Waals surface area (Å²) in [5.41, 5.74) is 4.29. The van der Waals surface area contributed by atoms with Crippen molar-refractivity contribution in [2.24, 2.45) is 12.0 Å². The lowest BCUT2D eigenvalue weighted by Gasteiger charge is -2.03. The van der Waals surface area contributed by atoms with E-state index in [0.717, 1.165) is 26.9 Å². The Hall–Kier alpha value is -2.25. The number of thiazole rings is 1. The molecule has 142 valence electrons. The van der Waals surface area contributed by atoms with Gasteiger partial charge in [-0.3, -0.25) is 4.79 Å². The van der Waals surface area contributed by atoms with Crippen LogP contribution in [-0.2, 0) is 21.7 Å². The van der Waals surface area contributed by atoms with Gasteiger partial charge in [-0.05, 0) is 44.0 Å². The molecule has 0 atom stereocenters. The summed E-state index contributed by atoms with van der Waals surface area (Å²) < 4.78 is 27.8. The van der Waals surface area contributed by atoms with E-state index in [-0.39, 0.29) is 17.1 Å². The zero-order valence-electron chi connectivity index (χ0n) is 15.8. The Morgan fingerprint density at radius 2 is 1.67 bits per heavy atom. The minimum Gasteiger partial charge on any atom is -0.319 e. The molecule has 0 N–H and O–H groups in total. The highest BCUT2D eigenvalue weighted by molar-refractivity contribution is 7.91. The molecule has 27 heavy (non-hydrogen) atoms. The van der Waals surface area contributed by atoms with Crippen LogP contribution >= 0.6 is 11.3 Å². The van der Waals surface area contributed by atoms with Gasteiger partial charge in [-0.1, -0.05) is 41.2 Å². The van der Waals surface area contributed by atoms with Crippen LogP contribution in [-0.4, -0.2) is 24.6 Å². The summed E-state index contributed by atoms with van der Waals surface area (Å²) in [7, 11) is -1.62. The average Bonchev–Trinajstić information content (AvgIpc) is 2.95. The first-order valence-electron chi connectivity index (χ1n) is 8.62. The first-order valence-corrected chi connectivity index (χ1v) is 11.1. The lowest BCUT2D eigenvalue weighted by molar-refractivity contribution is -0.117. The maximum Gasteiger partial charge on any atom is 0.249 e. The molecule has 0 aliphatic heterocycles. The van der Waals surface area contributed by atoms with Gasteiger partial charge in [0.15, 0.2) is 14.6 Å². The third-order valence-electron chi connectivity index (χ3n) is 4.53. The van der Waals surface area contributed by atoms with Gasteiger partial charge in [0.1, 0.15) is 0 Å². The van der Waals surface area contributed by atoms with E-state index in [9.17, 15) is 13.2 Å². The molecule has 0 unspecified atom stereocenters. The summed E-state index contributed by atoms with van der Waals surface area (Å²) in [4.78, 5) is 17.3. The molecule has 2 aromatic carbocycles. The van der Waals surface area contributed by atoms with Crippen LogP contribution in [0.1, 0.15) is 23.1 Å². The molecule has 0 saturated heterocycles. The third kappa shape index (κ3) is 4.04. The predicted octanol–water partition coefficient (Wildman–Crippen LogP) is 3.46. The van der Waals surface area contributed by atoms with Gasteiger partial charge in [0, 0.05) is 13.5 Å². The van der Waals surface area contributed by atoms with Crippen molar-refractivity contribution in [1.29, 1.82) is 0 Å². The van der Waals surface area contributed by atoms with Crippen molar-refractivity contribution in [3.63, 3.8) is 0 Å². The van der Waals surface area contributed by atoms with Gasteiger partial charge in [0.2, 0.25) is 5.91 Å². The van der Waals surface area contributed by atoms with E-state index in [0.29, 0.717) is 4.80 Å². The molecule has 0 spiro atoms. The maximum atomic E-state index is 12.4. The minimum atomic E-state index is -3.50. The van der Waals surface area contributed by atoms with Crippen molar-refractivity contribution in [2.75, 3.05) is 5.75 Å². The number of sulfone groups is 1. The van der Waals surface area contributed by atoms with E-state index >= 15 is 0 Å². The van der Waals surface area contributed by atoms with Gasteiger partial charge >= 0.3 is 0 Å². The summed E-state index contributed by atoms with van der Waals surface area (Å²) >= 11 is 1.45. The normalized spacial score (nSPS) is 12.7. The van der Waals surface area contributed by atoms with E-state index in [1.54, 1.807) is 24.3 Å². The first-order chi connectivity index (χ1) is 12.7. The molecule has 5 nitrogen and oxygen atoms in total. The Bertz CT molecular complexity index is 1180. The fraction of sp³-hybridized carbons (Fsp3) is 0.300. The Morgan fingerprint density at radius 1 is 1.04 bits per heavy atom. The number of amides is 1. The minimum absolute atomic E-state index is 0.136. The van der Waals surface area contributed by atoms with Crippen molar-refractivity contribution in [3.05, 3.63) is 57.9 Å². The van der Waals surface area contributed by atoms with Crippen LogP contribution in [0.4, 0.5) is 0 Å². The van der Waals surface area contributed by atoms with E-state index in [1.165, 1.54) is 11.3 Å². The average molecular weight is 403 g/mol. The highest BCUT2D eigenvalue weighted by Gasteiger charge is 2.16. The standard InChI is InChI=1S/C20H22N2O3S2/c1-13-5-9-16(10-6-13)27(24,25)12-11-17(23)21-20-22(4)18-14(2)7-8-15(3)19(18)26-20/h5-10H,11-12H2,1-4H3. The number of aryl methyl sites for hydroxylation is 4. The molecule has 0 saturated carbocycles. The molecule has 1 aromatic heterocycles. The molecule has 0 radical (unpaired) electrons. The van der Waals surface area contributed by atoms with Crippen LogP contribution in [0.3, 0.4) is 0 Å². The van der Waals surface area contributed by atoms with Crippen molar-refractivity contribution in [2.45, 2.75) is 32.1 Å². The van der Waals surface area contributed by atoms with E-state index < -0.39 is 15.7 Å². The van der Waals surface area contributed by atoms with Crippen LogP contribution in [0, 0.1) is 20.8 Å². The largest absolute Gasteiger partial charge is 0.319 e. The molecule has 7 heteroatoms. The first kappa shape index (κ1) is 19.5. The Balaban J connectivity index is 1.84. The van der Waals surface area contributed by atoms with E-state index in [1.807, 2.05) is 44.5 Å². The van der Waals surface area contributed by atoms with E-state index in [2.05, 4.69) is 4.99 Å². The van der Waals surface area contributed by atoms with Crippen LogP contribution in [0.2, 0.25) is 0 Å². The summed E-state index contributed by atoms with van der Waals surface area (Å²) in [6.45, 7) is 5.94. The summed E-state index contributed by atoms with van der Waals surface area (Å²) in [6, 6.07) is 10.7. The topological polar surface area (TPSA) is 68.5 Å². The number of hydrogen-bond donors (Lipinski definition) is 0. The van der Waals surface area contributed by atoms with Crippen molar-refractivity contribution < 1.29 is 13.2 Å². The van der Waals surface area contributed by atoms with E-state index in [4.69, 9.17) is 0 Å². The van der Waals surface area contributed by atoms with Crippen LogP contribution in [0.5, 0.6) is 0 Å². The second kappa shape index (κ2) is 7.40. The lowest BCUT2D eigenvalue weighted by Crippen LogP contribution is -2.16. The molecule has 0 fully saturated rings. The van der Waals surface area contributed by atoms with Gasteiger partial charge in [-0.15, -0.1) is 0 Å². The van der Waals surface area contributed by atoms with Gasteiger partial charge in [0.05, 0.1) is 20.9 Å². The maximum absolute atomic E-state index is 12.4. The molecule has 1 amide bonds. The molecule has 0 bridgehead atoms. The van der Waals surface area contributed by atoms with Gasteiger partial charge in [-0.25, -0.2) is 8.42 Å². The number of carbonyl (C=O) groups excluding carboxylic acids is 1. The van der Waals surface area contributed by atoms with Crippen molar-refractivity contribution in [3.8, 4) is 0 Å². The fourth-order valence-corrected chi connectivity index (χ4v) is 5.33. The molecule has 3 rings (SSSR count). The lowest BCUT2D eigenvalue weighted by atomic mass is 10.1. The second-order valence-electron chi connectivity index (χ2n) is 6.71. The number of benzene rings is 2. The highest BCUT2D eigenvalue weighted by Crippen LogP contribution is 2.24. The summed E-state index contributed by atoms with van der Waals surface area (Å²) in [6.07, 6.45) is -0.136. The fourth-order valence-electron chi connectivity index (χ4n) is 2.92. The summed E-state index contributed by atoms with van der Waals surface area (Å²) in [5, 5.41) is 0. The third-order valence-corrected chi connectivity index (χ3v) is 7.53. The number of nitrogens with zero attached hydrogens (tertiary/aromatic N) is 2. The zero-order chi connectivity index (χ0) is 19.8. The smallest absolute Gasteiger partial charge is 0.249 e. The Labute approximate surface area is 162 Å². The van der Waals surface area contributed by atoms with Crippen LogP contribution < -0.4 is 4.80 Å². The summed E-state index contributed by atoms with van der Waals surface area (Å²) in [5.74, 6) is -0.673. The highest BCUT2D eigenvalue weighted by atomic mass is 32.2. The molecular formula is C20H22N2O3S2. The van der Waals surface area contributed by atoms with Crippen LogP contribution in [0.15, 0.2) is 46.3 Å². The molecular weight excluding hydrogens is 380 g/mol. The molecule has 0 aliphatic carbocycles. The molecule has 1 heterocycles. The van der Waals surface area contributed by atoms with Crippen LogP contribution in [0.25, 0.3) is 10.2 Å². The van der Waals surface area contributed by atoms with Gasteiger partial charge < -0.3 is 4.57 Å². The number of aromatic nitrogens is 1. The molecule has 3 aromatic rings. The van der Waals surface area contributed by atoms with Crippen molar-refractivity contribution >= 4 is 37.3 Å². The zero-order valence-corrected chi connectivity index (χ0v) is 17.4. The Kier molecular flexibility index (Phi) is 5.35. The van der Waals surface area contributed by atoms with Gasteiger partial charge in [-0.2, -0.15) is 4.99 Å². The second-order valence-corrected chi connectivity index (χ2v) is 9.79. The Morgan fingerprint density at radius 3 is 2.30 bits per heavy atom. The number of carbonyl (C=O) groups is 1. The van der Waals surface area contributed by atoms with Gasteiger partial charge in [0.25, 0.3) is 0 Å². The predicted molar refractivity (Wildman–Crippen MR) is 109 cm³/mol. The SMILES string of the molecule is Cc1ccc(S(=O)(=O)CCC(=O)N=c2sc3c(C)ccc(C)c3n2C)cc1. The molecule has 0 aliphatic rings. The monoisotopic (exact) mass is 402 g/mol. The van der Waals surface area contributed by atoms with Crippen molar-refractivity contribution in [1.82, 2.24) is 4.57 Å². The number of rotatable bonds is 4. The quantitative estimate of drug-likeness (QED) is 0.671.